The first-order valence-corrected chi connectivity index (χ1v) is 10.7. The van der Waals surface area contributed by atoms with Gasteiger partial charge in [0.05, 0.1) is 28.1 Å². The molecule has 4 rings (SSSR count). The van der Waals surface area contributed by atoms with Crippen molar-refractivity contribution in [3.63, 3.8) is 0 Å². The van der Waals surface area contributed by atoms with Crippen LogP contribution >= 0.6 is 0 Å². The lowest BCUT2D eigenvalue weighted by molar-refractivity contribution is -0.00540. The van der Waals surface area contributed by atoms with Crippen molar-refractivity contribution in [3.8, 4) is 0 Å². The van der Waals surface area contributed by atoms with Gasteiger partial charge in [0.1, 0.15) is 0 Å². The van der Waals surface area contributed by atoms with Crippen molar-refractivity contribution in [2.75, 3.05) is 22.7 Å². The number of ether oxygens (including phenoxy) is 1. The van der Waals surface area contributed by atoms with Gasteiger partial charge < -0.3 is 9.64 Å². The number of fused-ring (bicyclic) bond motifs is 1. The van der Waals surface area contributed by atoms with Gasteiger partial charge in [0, 0.05) is 13.1 Å². The van der Waals surface area contributed by atoms with Crippen LogP contribution in [0.1, 0.15) is 13.8 Å². The Labute approximate surface area is 164 Å². The van der Waals surface area contributed by atoms with E-state index >= 15 is 0 Å². The summed E-state index contributed by atoms with van der Waals surface area (Å²) >= 11 is 0. The number of anilines is 2. The Hall–Kier alpha value is -2.71. The van der Waals surface area contributed by atoms with E-state index in [1.54, 1.807) is 30.3 Å². The van der Waals surface area contributed by atoms with Gasteiger partial charge in [-0.3, -0.25) is 4.72 Å². The molecule has 1 aliphatic rings. The minimum atomic E-state index is -3.78. The lowest BCUT2D eigenvalue weighted by Gasteiger charge is -2.36. The molecule has 2 heterocycles. The van der Waals surface area contributed by atoms with Crippen molar-refractivity contribution in [3.05, 3.63) is 54.6 Å². The van der Waals surface area contributed by atoms with Gasteiger partial charge in [-0.2, -0.15) is 0 Å². The second-order valence-corrected chi connectivity index (χ2v) is 8.65. The Bertz CT molecular complexity index is 1080. The maximum atomic E-state index is 12.9. The smallest absolute Gasteiger partial charge is 0.263 e. The zero-order valence-corrected chi connectivity index (χ0v) is 16.6. The SMILES string of the molecule is C[C@H]1CN(c2nc3ccccc3nc2NS(=O)(=O)c2ccccc2)C[C@H](C)O1. The highest BCUT2D eigenvalue weighted by atomic mass is 32.2. The summed E-state index contributed by atoms with van der Waals surface area (Å²) < 4.78 is 34.2. The van der Waals surface area contributed by atoms with Gasteiger partial charge in [-0.15, -0.1) is 0 Å². The van der Waals surface area contributed by atoms with Crippen LogP contribution < -0.4 is 9.62 Å². The molecule has 3 aromatic rings. The number of hydrogen-bond acceptors (Lipinski definition) is 6. The molecule has 1 aliphatic heterocycles. The highest BCUT2D eigenvalue weighted by Gasteiger charge is 2.27. The number of para-hydroxylation sites is 2. The third kappa shape index (κ3) is 3.79. The van der Waals surface area contributed by atoms with E-state index in [-0.39, 0.29) is 22.9 Å². The van der Waals surface area contributed by atoms with Crippen LogP contribution in [0.2, 0.25) is 0 Å². The van der Waals surface area contributed by atoms with E-state index in [4.69, 9.17) is 9.72 Å². The molecular formula is C20H22N4O3S. The zero-order chi connectivity index (χ0) is 19.7. The van der Waals surface area contributed by atoms with Crippen molar-refractivity contribution in [2.45, 2.75) is 31.0 Å². The molecule has 28 heavy (non-hydrogen) atoms. The Morgan fingerprint density at radius 2 is 1.50 bits per heavy atom. The first-order valence-electron chi connectivity index (χ1n) is 9.17. The van der Waals surface area contributed by atoms with E-state index in [2.05, 4.69) is 9.71 Å². The lowest BCUT2D eigenvalue weighted by atomic mass is 10.2. The van der Waals surface area contributed by atoms with Gasteiger partial charge in [0.15, 0.2) is 11.6 Å². The number of nitrogens with one attached hydrogen (secondary N) is 1. The lowest BCUT2D eigenvalue weighted by Crippen LogP contribution is -2.46. The molecule has 0 aliphatic carbocycles. The number of aromatic nitrogens is 2. The molecule has 0 radical (unpaired) electrons. The maximum absolute atomic E-state index is 12.9. The van der Waals surface area contributed by atoms with E-state index in [9.17, 15) is 8.42 Å². The fraction of sp³-hybridized carbons (Fsp3) is 0.300. The molecule has 0 amide bonds. The Balaban J connectivity index is 1.80. The number of morpholine rings is 1. The van der Waals surface area contributed by atoms with Crippen LogP contribution in [-0.4, -0.2) is 43.7 Å². The summed E-state index contributed by atoms with van der Waals surface area (Å²) in [6.07, 6.45) is 0.0196. The van der Waals surface area contributed by atoms with E-state index in [1.165, 1.54) is 0 Å². The molecule has 2 atom stereocenters. The second-order valence-electron chi connectivity index (χ2n) is 6.97. The third-order valence-corrected chi connectivity index (χ3v) is 5.91. The van der Waals surface area contributed by atoms with Crippen LogP contribution in [0.4, 0.5) is 11.6 Å². The summed E-state index contributed by atoms with van der Waals surface area (Å²) in [5, 5.41) is 0. The van der Waals surface area contributed by atoms with Crippen LogP contribution in [0.15, 0.2) is 59.5 Å². The fourth-order valence-electron chi connectivity index (χ4n) is 3.42. The topological polar surface area (TPSA) is 84.4 Å². The quantitative estimate of drug-likeness (QED) is 0.727. The number of nitrogens with zero attached hydrogens (tertiary/aromatic N) is 3. The molecule has 8 heteroatoms. The predicted octanol–water partition coefficient (Wildman–Crippen LogP) is 3.04. The monoisotopic (exact) mass is 398 g/mol. The van der Waals surface area contributed by atoms with Crippen LogP contribution in [-0.2, 0) is 14.8 Å². The normalized spacial score (nSPS) is 20.3. The van der Waals surface area contributed by atoms with Crippen molar-refractivity contribution < 1.29 is 13.2 Å². The molecule has 7 nitrogen and oxygen atoms in total. The van der Waals surface area contributed by atoms with Crippen molar-refractivity contribution >= 4 is 32.7 Å². The number of benzene rings is 2. The van der Waals surface area contributed by atoms with E-state index < -0.39 is 10.0 Å². The minimum Gasteiger partial charge on any atom is -0.372 e. The molecule has 0 spiro atoms. The van der Waals surface area contributed by atoms with Gasteiger partial charge >= 0.3 is 0 Å². The second kappa shape index (κ2) is 7.37. The predicted molar refractivity (Wildman–Crippen MR) is 109 cm³/mol. The first kappa shape index (κ1) is 18.6. The van der Waals surface area contributed by atoms with Crippen molar-refractivity contribution in [1.29, 1.82) is 0 Å². The largest absolute Gasteiger partial charge is 0.372 e. The fourth-order valence-corrected chi connectivity index (χ4v) is 4.44. The molecule has 1 saturated heterocycles. The summed E-state index contributed by atoms with van der Waals surface area (Å²) in [4.78, 5) is 11.5. The summed E-state index contributed by atoms with van der Waals surface area (Å²) in [5.41, 5.74) is 1.35. The van der Waals surface area contributed by atoms with Crippen LogP contribution in [0.5, 0.6) is 0 Å². The van der Waals surface area contributed by atoms with Crippen LogP contribution in [0, 0.1) is 0 Å². The molecule has 0 bridgehead atoms. The molecule has 0 saturated carbocycles. The Morgan fingerprint density at radius 1 is 0.929 bits per heavy atom. The highest BCUT2D eigenvalue weighted by Crippen LogP contribution is 2.29. The third-order valence-electron chi connectivity index (χ3n) is 4.56. The van der Waals surface area contributed by atoms with E-state index in [0.717, 1.165) is 0 Å². The molecule has 2 aromatic carbocycles. The summed E-state index contributed by atoms with van der Waals surface area (Å²) in [6.45, 7) is 5.20. The highest BCUT2D eigenvalue weighted by molar-refractivity contribution is 7.92. The molecule has 1 N–H and O–H groups in total. The van der Waals surface area contributed by atoms with Crippen molar-refractivity contribution in [1.82, 2.24) is 9.97 Å². The number of rotatable bonds is 4. The number of hydrogen-bond donors (Lipinski definition) is 1. The van der Waals surface area contributed by atoms with E-state index in [0.29, 0.717) is 29.9 Å². The first-order chi connectivity index (χ1) is 13.4. The molecule has 1 fully saturated rings. The summed E-state index contributed by atoms with van der Waals surface area (Å²) in [6, 6.07) is 15.7. The van der Waals surface area contributed by atoms with Gasteiger partial charge in [-0.05, 0) is 38.1 Å². The molecule has 1 aromatic heterocycles. The summed E-state index contributed by atoms with van der Waals surface area (Å²) in [5.74, 6) is 0.740. The molecular weight excluding hydrogens is 376 g/mol. The van der Waals surface area contributed by atoms with Gasteiger partial charge in [0.2, 0.25) is 0 Å². The van der Waals surface area contributed by atoms with E-state index in [1.807, 2.05) is 43.0 Å². The van der Waals surface area contributed by atoms with Crippen LogP contribution in [0.3, 0.4) is 0 Å². The maximum Gasteiger partial charge on any atom is 0.263 e. The minimum absolute atomic E-state index is 0.00982. The number of sulfonamides is 1. The van der Waals surface area contributed by atoms with Gasteiger partial charge in [-0.1, -0.05) is 30.3 Å². The Kier molecular flexibility index (Phi) is 4.91. The zero-order valence-electron chi connectivity index (χ0n) is 15.7. The average molecular weight is 398 g/mol. The molecule has 146 valence electrons. The van der Waals surface area contributed by atoms with Crippen molar-refractivity contribution in [2.24, 2.45) is 0 Å². The Morgan fingerprint density at radius 3 is 2.14 bits per heavy atom. The van der Waals surface area contributed by atoms with Crippen LogP contribution in [0.25, 0.3) is 11.0 Å². The standard InChI is InChI=1S/C20H22N4O3S/c1-14-12-24(13-15(2)27-14)20-19(21-17-10-6-7-11-18(17)22-20)23-28(25,26)16-8-4-3-5-9-16/h3-11,14-15H,12-13H2,1-2H3,(H,21,23)/t14-,15-/m0/s1. The van der Waals surface area contributed by atoms with Gasteiger partial charge in [-0.25, -0.2) is 18.4 Å². The van der Waals surface area contributed by atoms with Gasteiger partial charge in [0.25, 0.3) is 10.0 Å². The average Bonchev–Trinajstić information content (AvgIpc) is 2.67. The molecule has 0 unspecified atom stereocenters. The summed E-state index contributed by atoms with van der Waals surface area (Å²) in [7, 11) is -3.78.